The van der Waals surface area contributed by atoms with Crippen LogP contribution in [0.25, 0.3) is 0 Å². The quantitative estimate of drug-likeness (QED) is 0.825. The first-order valence-electron chi connectivity index (χ1n) is 4.51. The summed E-state index contributed by atoms with van der Waals surface area (Å²) in [5.74, 6) is -2.10. The van der Waals surface area contributed by atoms with Crippen molar-refractivity contribution in [2.75, 3.05) is 0 Å². The molecule has 0 saturated carbocycles. The lowest BCUT2D eigenvalue weighted by Crippen LogP contribution is -2.23. The van der Waals surface area contributed by atoms with Crippen molar-refractivity contribution in [3.8, 4) is 5.88 Å². The monoisotopic (exact) mass is 329 g/mol. The Bertz CT molecular complexity index is 512. The second-order valence-corrected chi connectivity index (χ2v) is 3.78. The number of carboxylic acid groups (broad SMARTS) is 1. The molecule has 9 heteroatoms. The van der Waals surface area contributed by atoms with Crippen LogP contribution < -0.4 is 10.3 Å². The number of hydrogen-bond donors (Lipinski definition) is 2. The number of carboxylic acids is 1. The number of aromatic nitrogens is 1. The minimum Gasteiger partial charge on any atom is -0.481 e. The van der Waals surface area contributed by atoms with Crippen molar-refractivity contribution in [2.45, 2.75) is 18.1 Å². The van der Waals surface area contributed by atoms with Gasteiger partial charge in [0.15, 0.2) is 0 Å². The summed E-state index contributed by atoms with van der Waals surface area (Å²) in [6, 6.07) is 0.847. The van der Waals surface area contributed by atoms with Crippen LogP contribution in [0.5, 0.6) is 5.88 Å². The average Bonchev–Trinajstić information content (AvgIpc) is 2.13. The molecule has 0 spiro atoms. The Balaban J connectivity index is 3.21. The number of hydrogen-bond acceptors (Lipinski definition) is 3. The molecular formula is C9H7BrF3NO4. The van der Waals surface area contributed by atoms with Crippen LogP contribution in [-0.4, -0.2) is 22.4 Å². The smallest absolute Gasteiger partial charge is 0.481 e. The van der Waals surface area contributed by atoms with E-state index in [4.69, 9.17) is 5.11 Å². The molecule has 5 nitrogen and oxygen atoms in total. The summed E-state index contributed by atoms with van der Waals surface area (Å²) in [5, 5.41) is 8.64. The Morgan fingerprint density at radius 1 is 1.50 bits per heavy atom. The van der Waals surface area contributed by atoms with E-state index in [0.29, 0.717) is 0 Å². The minimum atomic E-state index is -4.96. The number of alkyl halides is 4. The number of nitrogens with one attached hydrogen (secondary N) is 1. The zero-order valence-corrected chi connectivity index (χ0v) is 10.3. The van der Waals surface area contributed by atoms with Gasteiger partial charge in [-0.2, -0.15) is 0 Å². The van der Waals surface area contributed by atoms with E-state index in [-0.39, 0.29) is 16.5 Å². The van der Waals surface area contributed by atoms with Crippen LogP contribution in [0, 0.1) is 0 Å². The van der Waals surface area contributed by atoms with Crippen molar-refractivity contribution < 1.29 is 27.8 Å². The second kappa shape index (κ2) is 5.42. The molecule has 0 aliphatic heterocycles. The fraction of sp³-hybridized carbons (Fsp3) is 0.333. The average molecular weight is 330 g/mol. The van der Waals surface area contributed by atoms with Crippen LogP contribution in [-0.2, 0) is 16.5 Å². The molecule has 0 aliphatic rings. The third-order valence-corrected chi connectivity index (χ3v) is 2.47. The fourth-order valence-electron chi connectivity index (χ4n) is 1.26. The molecule has 0 amide bonds. The van der Waals surface area contributed by atoms with E-state index in [1.807, 2.05) is 4.98 Å². The fourth-order valence-corrected chi connectivity index (χ4v) is 1.88. The molecular weight excluding hydrogens is 323 g/mol. The van der Waals surface area contributed by atoms with Crippen molar-refractivity contribution in [3.05, 3.63) is 27.5 Å². The van der Waals surface area contributed by atoms with Crippen LogP contribution in [0.15, 0.2) is 10.9 Å². The lowest BCUT2D eigenvalue weighted by Gasteiger charge is -2.11. The molecule has 0 unspecified atom stereocenters. The first-order valence-corrected chi connectivity index (χ1v) is 5.63. The number of halogens is 4. The number of rotatable bonds is 4. The summed E-state index contributed by atoms with van der Waals surface area (Å²) in [6.07, 6.45) is -5.53. The van der Waals surface area contributed by atoms with Gasteiger partial charge in [-0.05, 0) is 5.56 Å². The largest absolute Gasteiger partial charge is 0.574 e. The predicted octanol–water partition coefficient (Wildman–Crippen LogP) is 1.80. The molecule has 1 aromatic heterocycles. The van der Waals surface area contributed by atoms with Gasteiger partial charge in [0.2, 0.25) is 5.88 Å². The Morgan fingerprint density at radius 3 is 2.56 bits per heavy atom. The van der Waals surface area contributed by atoms with Crippen LogP contribution >= 0.6 is 15.9 Å². The predicted molar refractivity (Wildman–Crippen MR) is 57.7 cm³/mol. The van der Waals surface area contributed by atoms with E-state index in [0.717, 1.165) is 6.07 Å². The number of aromatic amines is 1. The molecule has 0 fully saturated rings. The highest BCUT2D eigenvalue weighted by molar-refractivity contribution is 9.08. The number of pyridine rings is 1. The number of H-pyrrole nitrogens is 1. The van der Waals surface area contributed by atoms with Gasteiger partial charge in [0.25, 0.3) is 5.56 Å². The maximum Gasteiger partial charge on any atom is 0.574 e. The molecule has 1 heterocycles. The van der Waals surface area contributed by atoms with Gasteiger partial charge in [0, 0.05) is 17.0 Å². The molecule has 1 aromatic rings. The number of ether oxygens (including phenoxy) is 1. The van der Waals surface area contributed by atoms with Crippen molar-refractivity contribution in [1.29, 1.82) is 0 Å². The van der Waals surface area contributed by atoms with E-state index < -0.39 is 30.2 Å². The van der Waals surface area contributed by atoms with Crippen molar-refractivity contribution in [3.63, 3.8) is 0 Å². The third kappa shape index (κ3) is 4.06. The number of carbonyl (C=O) groups is 1. The zero-order valence-electron chi connectivity index (χ0n) is 8.68. The van der Waals surface area contributed by atoms with Gasteiger partial charge in [0.1, 0.15) is 0 Å². The molecule has 18 heavy (non-hydrogen) atoms. The van der Waals surface area contributed by atoms with Crippen LogP contribution in [0.3, 0.4) is 0 Å². The molecule has 100 valence electrons. The highest BCUT2D eigenvalue weighted by Gasteiger charge is 2.32. The van der Waals surface area contributed by atoms with Gasteiger partial charge >= 0.3 is 12.3 Å². The maximum atomic E-state index is 12.0. The molecule has 0 aliphatic carbocycles. The minimum absolute atomic E-state index is 0.0250. The molecule has 1 rings (SSSR count). The molecule has 0 atom stereocenters. The lowest BCUT2D eigenvalue weighted by molar-refractivity contribution is -0.276. The Morgan fingerprint density at radius 2 is 2.11 bits per heavy atom. The highest BCUT2D eigenvalue weighted by Crippen LogP contribution is 2.22. The van der Waals surface area contributed by atoms with E-state index in [1.165, 1.54) is 0 Å². The number of aliphatic carboxylic acids is 1. The van der Waals surface area contributed by atoms with E-state index in [2.05, 4.69) is 20.7 Å². The lowest BCUT2D eigenvalue weighted by atomic mass is 10.1. The summed E-state index contributed by atoms with van der Waals surface area (Å²) in [5.41, 5.74) is -0.820. The maximum absolute atomic E-state index is 12.0. The van der Waals surface area contributed by atoms with Crippen LogP contribution in [0.2, 0.25) is 0 Å². The highest BCUT2D eigenvalue weighted by atomic mass is 79.9. The summed E-state index contributed by atoms with van der Waals surface area (Å²) >= 11 is 2.96. The molecule has 0 aromatic carbocycles. The van der Waals surface area contributed by atoms with Gasteiger partial charge < -0.3 is 9.84 Å². The normalized spacial score (nSPS) is 11.3. The first-order chi connectivity index (χ1) is 8.23. The zero-order chi connectivity index (χ0) is 13.9. The van der Waals surface area contributed by atoms with Crippen LogP contribution in [0.4, 0.5) is 13.2 Å². The standard InChI is InChI=1S/C9H7BrF3NO4/c10-3-5-4(2-7(15)16)1-6(14-8(5)17)18-9(11,12)13/h1H,2-3H2,(H,14,17)(H,15,16). The summed E-state index contributed by atoms with van der Waals surface area (Å²) < 4.78 is 39.5. The Labute approximate surface area is 107 Å². The van der Waals surface area contributed by atoms with E-state index in [9.17, 15) is 22.8 Å². The molecule has 0 bridgehead atoms. The third-order valence-electron chi connectivity index (χ3n) is 1.90. The van der Waals surface area contributed by atoms with Gasteiger partial charge in [-0.25, -0.2) is 0 Å². The molecule has 0 radical (unpaired) electrons. The Hall–Kier alpha value is -1.51. The van der Waals surface area contributed by atoms with E-state index >= 15 is 0 Å². The topological polar surface area (TPSA) is 79.4 Å². The molecule has 0 saturated heterocycles. The SMILES string of the molecule is O=C(O)Cc1cc(OC(F)(F)F)[nH]c(=O)c1CBr. The molecule has 2 N–H and O–H groups in total. The Kier molecular flexibility index (Phi) is 4.38. The summed E-state index contributed by atoms with van der Waals surface area (Å²) in [4.78, 5) is 23.9. The summed E-state index contributed by atoms with van der Waals surface area (Å²) in [7, 11) is 0. The van der Waals surface area contributed by atoms with Crippen molar-refractivity contribution in [2.24, 2.45) is 0 Å². The van der Waals surface area contributed by atoms with Gasteiger partial charge in [-0.1, -0.05) is 15.9 Å². The first kappa shape index (κ1) is 14.6. The van der Waals surface area contributed by atoms with Gasteiger partial charge in [0.05, 0.1) is 6.42 Å². The van der Waals surface area contributed by atoms with Crippen LogP contribution in [0.1, 0.15) is 11.1 Å². The second-order valence-electron chi connectivity index (χ2n) is 3.22. The van der Waals surface area contributed by atoms with Gasteiger partial charge in [-0.3, -0.25) is 14.6 Å². The van der Waals surface area contributed by atoms with E-state index in [1.54, 1.807) is 0 Å². The van der Waals surface area contributed by atoms with Crippen molar-refractivity contribution in [1.82, 2.24) is 4.98 Å². The van der Waals surface area contributed by atoms with Gasteiger partial charge in [-0.15, -0.1) is 13.2 Å². The summed E-state index contributed by atoms with van der Waals surface area (Å²) in [6.45, 7) is 0. The van der Waals surface area contributed by atoms with Crippen molar-refractivity contribution >= 4 is 21.9 Å².